The normalized spacial score (nSPS) is 16.4. The van der Waals surface area contributed by atoms with Crippen LogP contribution in [0.1, 0.15) is 22.7 Å². The minimum absolute atomic E-state index is 0.510. The van der Waals surface area contributed by atoms with Crippen LogP contribution in [0.2, 0.25) is 5.02 Å². The zero-order chi connectivity index (χ0) is 26.8. The molecular formula is C32H28ClN4OP. The van der Waals surface area contributed by atoms with E-state index in [9.17, 15) is 5.26 Å². The second kappa shape index (κ2) is 10.9. The fourth-order valence-corrected chi connectivity index (χ4v) is 8.21. The second-order valence-corrected chi connectivity index (χ2v) is 12.8. The van der Waals surface area contributed by atoms with Gasteiger partial charge in [0.25, 0.3) is 7.59 Å². The molecule has 0 aliphatic carbocycles. The fourth-order valence-electron chi connectivity index (χ4n) is 5.45. The van der Waals surface area contributed by atoms with Crippen LogP contribution in [0, 0.1) is 11.3 Å². The quantitative estimate of drug-likeness (QED) is 0.208. The molecule has 0 unspecified atom stereocenters. The summed E-state index contributed by atoms with van der Waals surface area (Å²) in [6.45, 7) is 2.26. The Hall–Kier alpha value is -3.49. The molecule has 1 saturated heterocycles. The van der Waals surface area contributed by atoms with E-state index < -0.39 is 13.6 Å². The van der Waals surface area contributed by atoms with Crippen LogP contribution in [-0.2, 0) is 17.7 Å². The summed E-state index contributed by atoms with van der Waals surface area (Å²) in [6.07, 6.45) is 0. The smallest absolute Gasteiger partial charge is 0.270 e. The summed E-state index contributed by atoms with van der Waals surface area (Å²) >= 11 is 6.10. The van der Waals surface area contributed by atoms with Gasteiger partial charge in [0.2, 0.25) is 0 Å². The molecule has 6 rings (SSSR count). The van der Waals surface area contributed by atoms with E-state index in [0.29, 0.717) is 31.2 Å². The van der Waals surface area contributed by atoms with Crippen LogP contribution < -0.4 is 5.09 Å². The molecule has 1 heterocycles. The van der Waals surface area contributed by atoms with Crippen LogP contribution in [0.4, 0.5) is 0 Å². The highest BCUT2D eigenvalue weighted by Crippen LogP contribution is 2.56. The van der Waals surface area contributed by atoms with Crippen LogP contribution in [0.15, 0.2) is 109 Å². The van der Waals surface area contributed by atoms with Crippen molar-refractivity contribution < 1.29 is 4.57 Å². The van der Waals surface area contributed by atoms with Crippen LogP contribution in [0.3, 0.4) is 0 Å². The van der Waals surface area contributed by atoms with Gasteiger partial charge in [-0.2, -0.15) is 5.26 Å². The van der Waals surface area contributed by atoms with Crippen molar-refractivity contribution in [3.05, 3.63) is 131 Å². The third-order valence-corrected chi connectivity index (χ3v) is 10.5. The van der Waals surface area contributed by atoms with Gasteiger partial charge in [-0.1, -0.05) is 109 Å². The Morgan fingerprint density at radius 2 is 1.23 bits per heavy atom. The first-order valence-corrected chi connectivity index (χ1v) is 15.0. The average Bonchev–Trinajstić information content (AvgIpc) is 3.26. The molecule has 39 heavy (non-hydrogen) atoms. The Kier molecular flexibility index (Phi) is 7.23. The predicted molar refractivity (Wildman–Crippen MR) is 159 cm³/mol. The van der Waals surface area contributed by atoms with Crippen molar-refractivity contribution in [3.8, 4) is 6.07 Å². The minimum atomic E-state index is -3.37. The van der Waals surface area contributed by atoms with Crippen molar-refractivity contribution in [1.29, 1.82) is 5.26 Å². The Labute approximate surface area is 233 Å². The molecule has 1 atom stereocenters. The van der Waals surface area contributed by atoms with Crippen LogP contribution in [0.25, 0.3) is 21.5 Å². The number of benzene rings is 5. The summed E-state index contributed by atoms with van der Waals surface area (Å²) in [5, 5.41) is 18.7. The number of nitrogens with zero attached hydrogens (tertiary/aromatic N) is 3. The van der Waals surface area contributed by atoms with Gasteiger partial charge < -0.3 is 0 Å². The fraction of sp³-hybridized carbons (Fsp3) is 0.156. The highest BCUT2D eigenvalue weighted by atomic mass is 35.5. The molecule has 7 heteroatoms. The highest BCUT2D eigenvalue weighted by molar-refractivity contribution is 7.57. The summed E-state index contributed by atoms with van der Waals surface area (Å²) in [7, 11) is -3.37. The van der Waals surface area contributed by atoms with Crippen LogP contribution in [-0.4, -0.2) is 22.4 Å². The monoisotopic (exact) mass is 550 g/mol. The maximum absolute atomic E-state index is 15.1. The lowest BCUT2D eigenvalue weighted by molar-refractivity contribution is 0.416. The van der Waals surface area contributed by atoms with Crippen LogP contribution in [0.5, 0.6) is 0 Å². The first-order chi connectivity index (χ1) is 19.0. The molecule has 194 valence electrons. The Balaban J connectivity index is 1.38. The van der Waals surface area contributed by atoms with Gasteiger partial charge in [0.05, 0.1) is 6.07 Å². The predicted octanol–water partition coefficient (Wildman–Crippen LogP) is 7.93. The van der Waals surface area contributed by atoms with Crippen molar-refractivity contribution >= 4 is 40.7 Å². The van der Waals surface area contributed by atoms with Crippen molar-refractivity contribution in [2.45, 2.75) is 19.1 Å². The molecule has 1 aliphatic heterocycles. The maximum Gasteiger partial charge on any atom is 0.286 e. The first-order valence-electron chi connectivity index (χ1n) is 13.0. The highest BCUT2D eigenvalue weighted by Gasteiger charge is 2.44. The molecule has 0 bridgehead atoms. The summed E-state index contributed by atoms with van der Waals surface area (Å²) in [5.74, 6) is 0. The lowest BCUT2D eigenvalue weighted by atomic mass is 10.0. The number of halogens is 1. The van der Waals surface area contributed by atoms with Crippen molar-refractivity contribution in [1.82, 2.24) is 14.4 Å². The molecule has 0 radical (unpaired) electrons. The third-order valence-electron chi connectivity index (χ3n) is 7.48. The van der Waals surface area contributed by atoms with E-state index >= 15 is 4.57 Å². The Morgan fingerprint density at radius 3 is 1.74 bits per heavy atom. The average molecular weight is 551 g/mol. The maximum atomic E-state index is 15.1. The van der Waals surface area contributed by atoms with Crippen molar-refractivity contribution in [2.75, 3.05) is 13.1 Å². The van der Waals surface area contributed by atoms with Gasteiger partial charge in [-0.25, -0.2) is 14.4 Å². The van der Waals surface area contributed by atoms with E-state index in [1.807, 2.05) is 57.9 Å². The van der Waals surface area contributed by atoms with E-state index in [2.05, 4.69) is 59.7 Å². The van der Waals surface area contributed by atoms with E-state index in [4.69, 9.17) is 11.6 Å². The molecule has 1 fully saturated rings. The molecule has 5 nitrogen and oxygen atoms in total. The number of hydrogen-bond donors (Lipinski definition) is 1. The molecule has 1 N–H and O–H groups in total. The Morgan fingerprint density at radius 1 is 0.744 bits per heavy atom. The lowest BCUT2D eigenvalue weighted by Gasteiger charge is -2.33. The number of fused-ring (bicyclic) bond motifs is 2. The molecule has 0 spiro atoms. The lowest BCUT2D eigenvalue weighted by Crippen LogP contribution is -2.31. The Bertz CT molecular complexity index is 1630. The molecule has 5 aromatic carbocycles. The van der Waals surface area contributed by atoms with Crippen molar-refractivity contribution in [3.63, 3.8) is 0 Å². The third kappa shape index (κ3) is 5.11. The standard InChI is InChI=1S/C32H28ClN4OP/c33-29-17-15-26(16-18-29)32(21-34)35-39(38)36(22-27-11-5-9-24-7-1-3-13-30(24)27)19-20-37(39)23-28-12-6-10-25-8-2-4-14-31(25)28/h1-18,32H,19-20,22-23H2,(H,35,38)/t32-/m1/s1. The topological polar surface area (TPSA) is 59.4 Å². The number of nitrogens with one attached hydrogen (secondary N) is 1. The largest absolute Gasteiger partial charge is 0.286 e. The van der Waals surface area contributed by atoms with Gasteiger partial charge in [-0.05, 0) is 50.4 Å². The van der Waals surface area contributed by atoms with Gasteiger partial charge in [0, 0.05) is 31.2 Å². The summed E-state index contributed by atoms with van der Waals surface area (Å²) in [5.41, 5.74) is 2.96. The summed E-state index contributed by atoms with van der Waals surface area (Å²) < 4.78 is 19.2. The molecule has 5 aromatic rings. The first kappa shape index (κ1) is 25.8. The summed E-state index contributed by atoms with van der Waals surface area (Å²) in [4.78, 5) is 0. The number of hydrogen-bond acceptors (Lipinski definition) is 2. The molecule has 0 saturated carbocycles. The van der Waals surface area contributed by atoms with E-state index in [1.165, 1.54) is 0 Å². The molecular weight excluding hydrogens is 523 g/mol. The molecule has 0 aromatic heterocycles. The zero-order valence-corrected chi connectivity index (χ0v) is 23.0. The number of rotatable bonds is 7. The molecule has 1 aliphatic rings. The van der Waals surface area contributed by atoms with E-state index in [1.54, 1.807) is 12.1 Å². The van der Waals surface area contributed by atoms with Gasteiger partial charge >= 0.3 is 0 Å². The van der Waals surface area contributed by atoms with E-state index in [-0.39, 0.29) is 0 Å². The van der Waals surface area contributed by atoms with E-state index in [0.717, 1.165) is 38.2 Å². The second-order valence-electron chi connectivity index (χ2n) is 9.84. The van der Waals surface area contributed by atoms with Gasteiger partial charge in [0.15, 0.2) is 0 Å². The summed E-state index contributed by atoms with van der Waals surface area (Å²) in [6, 6.07) is 37.8. The molecule has 0 amide bonds. The number of nitriles is 1. The SMILES string of the molecule is N#C[C@@H](NP1(=O)N(Cc2cccc3ccccc23)CCN1Cc1cccc2ccccc12)c1ccc(Cl)cc1. The zero-order valence-electron chi connectivity index (χ0n) is 21.4. The van der Waals surface area contributed by atoms with Gasteiger partial charge in [0.1, 0.15) is 6.04 Å². The van der Waals surface area contributed by atoms with Crippen molar-refractivity contribution in [2.24, 2.45) is 0 Å². The van der Waals surface area contributed by atoms with Crippen LogP contribution >= 0.6 is 19.2 Å². The minimum Gasteiger partial charge on any atom is -0.270 e. The van der Waals surface area contributed by atoms with Gasteiger partial charge in [-0.15, -0.1) is 0 Å². The van der Waals surface area contributed by atoms with Gasteiger partial charge in [-0.3, -0.25) is 4.57 Å².